The van der Waals surface area contributed by atoms with E-state index in [1.165, 1.54) is 5.01 Å². The zero-order valence-corrected chi connectivity index (χ0v) is 18.7. The molecule has 2 heterocycles. The fourth-order valence-electron chi connectivity index (χ4n) is 4.22. The predicted octanol–water partition coefficient (Wildman–Crippen LogP) is 3.88. The summed E-state index contributed by atoms with van der Waals surface area (Å²) in [6.45, 7) is 17.6. The summed E-state index contributed by atoms with van der Waals surface area (Å²) in [5.41, 5.74) is -0.271. The number of hydrazone groups is 1. The van der Waals surface area contributed by atoms with E-state index >= 15 is 0 Å². The van der Waals surface area contributed by atoms with Gasteiger partial charge in [-0.15, -0.1) is 0 Å². The van der Waals surface area contributed by atoms with Crippen molar-refractivity contribution < 1.29 is 19.1 Å². The molecule has 0 aromatic carbocycles. The third kappa shape index (κ3) is 5.04. The minimum atomic E-state index is -0.620. The van der Waals surface area contributed by atoms with Crippen LogP contribution in [0.25, 0.3) is 0 Å². The standard InChI is InChI=1S/C21H37N3O4/c1-9-27-18(25)15-14(2)22-24(19(26)28-21(6,7)8)17(16(15)20(3,4)5)23-12-10-11-13-23/h15-17H,9-13H2,1-8H3. The van der Waals surface area contributed by atoms with Gasteiger partial charge in [-0.2, -0.15) is 10.1 Å². The number of nitrogens with zero attached hydrogens (tertiary/aromatic N) is 3. The van der Waals surface area contributed by atoms with E-state index in [0.29, 0.717) is 12.3 Å². The number of amides is 1. The highest BCUT2D eigenvalue weighted by Gasteiger charge is 2.53. The lowest BCUT2D eigenvalue weighted by molar-refractivity contribution is -0.153. The van der Waals surface area contributed by atoms with Gasteiger partial charge in [0.1, 0.15) is 17.7 Å². The molecule has 7 heteroatoms. The average Bonchev–Trinajstić information content (AvgIpc) is 3.05. The summed E-state index contributed by atoms with van der Waals surface area (Å²) >= 11 is 0. The van der Waals surface area contributed by atoms with E-state index in [1.807, 2.05) is 27.7 Å². The maximum absolute atomic E-state index is 13.1. The number of hydrogen-bond donors (Lipinski definition) is 0. The van der Waals surface area contributed by atoms with Crippen molar-refractivity contribution in [2.75, 3.05) is 19.7 Å². The predicted molar refractivity (Wildman–Crippen MR) is 109 cm³/mol. The van der Waals surface area contributed by atoms with Crippen LogP contribution in [0.4, 0.5) is 4.79 Å². The quantitative estimate of drug-likeness (QED) is 0.678. The minimum absolute atomic E-state index is 0.158. The fourth-order valence-corrected chi connectivity index (χ4v) is 4.22. The third-order valence-electron chi connectivity index (χ3n) is 5.28. The van der Waals surface area contributed by atoms with Gasteiger partial charge in [-0.05, 0) is 52.9 Å². The molecule has 1 saturated heterocycles. The van der Waals surface area contributed by atoms with Gasteiger partial charge in [0.15, 0.2) is 0 Å². The van der Waals surface area contributed by atoms with E-state index in [0.717, 1.165) is 25.9 Å². The van der Waals surface area contributed by atoms with Crippen LogP contribution in [0.1, 0.15) is 68.2 Å². The Morgan fingerprint density at radius 2 is 1.68 bits per heavy atom. The number of ether oxygens (including phenoxy) is 2. The first kappa shape index (κ1) is 22.7. The zero-order valence-electron chi connectivity index (χ0n) is 18.7. The lowest BCUT2D eigenvalue weighted by Crippen LogP contribution is -2.62. The molecule has 1 amide bonds. The number of esters is 1. The van der Waals surface area contributed by atoms with Crippen molar-refractivity contribution in [1.29, 1.82) is 0 Å². The third-order valence-corrected chi connectivity index (χ3v) is 5.28. The molecule has 1 fully saturated rings. The van der Waals surface area contributed by atoms with Crippen molar-refractivity contribution in [3.8, 4) is 0 Å². The van der Waals surface area contributed by atoms with Crippen LogP contribution >= 0.6 is 0 Å². The number of carbonyl (C=O) groups excluding carboxylic acids is 2. The van der Waals surface area contributed by atoms with Crippen molar-refractivity contribution in [1.82, 2.24) is 9.91 Å². The van der Waals surface area contributed by atoms with Crippen molar-refractivity contribution in [3.05, 3.63) is 0 Å². The molecule has 0 saturated carbocycles. The fraction of sp³-hybridized carbons (Fsp3) is 0.857. The van der Waals surface area contributed by atoms with E-state index < -0.39 is 17.6 Å². The van der Waals surface area contributed by atoms with Crippen LogP contribution in [-0.4, -0.2) is 59.1 Å². The van der Waals surface area contributed by atoms with Gasteiger partial charge in [0.2, 0.25) is 0 Å². The summed E-state index contributed by atoms with van der Waals surface area (Å²) in [4.78, 5) is 28.2. The molecule has 2 aliphatic rings. The van der Waals surface area contributed by atoms with Gasteiger partial charge in [-0.3, -0.25) is 9.69 Å². The Morgan fingerprint density at radius 3 is 2.14 bits per heavy atom. The highest BCUT2D eigenvalue weighted by atomic mass is 16.6. The summed E-state index contributed by atoms with van der Waals surface area (Å²) in [5, 5.41) is 6.04. The highest BCUT2D eigenvalue weighted by Crippen LogP contribution is 2.43. The molecule has 160 valence electrons. The maximum Gasteiger partial charge on any atom is 0.432 e. The van der Waals surface area contributed by atoms with Crippen LogP contribution in [0.2, 0.25) is 0 Å². The Morgan fingerprint density at radius 1 is 1.11 bits per heavy atom. The van der Waals surface area contributed by atoms with Crippen molar-refractivity contribution in [2.24, 2.45) is 22.4 Å². The molecule has 0 aromatic rings. The molecule has 0 radical (unpaired) electrons. The van der Waals surface area contributed by atoms with Crippen molar-refractivity contribution in [2.45, 2.75) is 80.0 Å². The molecule has 2 aliphatic heterocycles. The van der Waals surface area contributed by atoms with Crippen LogP contribution in [0.3, 0.4) is 0 Å². The Bertz CT molecular complexity index is 612. The van der Waals surface area contributed by atoms with Gasteiger partial charge in [-0.25, -0.2) is 4.79 Å². The summed E-state index contributed by atoms with van der Waals surface area (Å²) in [6.07, 6.45) is 1.33. The SMILES string of the molecule is CCOC(=O)C1C(C)=NN(C(=O)OC(C)(C)C)C(N2CCCC2)C1C(C)(C)C. The van der Waals surface area contributed by atoms with E-state index in [1.54, 1.807) is 6.92 Å². The first-order valence-corrected chi connectivity index (χ1v) is 10.3. The smallest absolute Gasteiger partial charge is 0.432 e. The maximum atomic E-state index is 13.1. The molecule has 2 rings (SSSR count). The van der Waals surface area contributed by atoms with Crippen LogP contribution < -0.4 is 0 Å². The van der Waals surface area contributed by atoms with Gasteiger partial charge in [-0.1, -0.05) is 20.8 Å². The Labute approximate surface area is 169 Å². The number of carbonyl (C=O) groups is 2. The average molecular weight is 396 g/mol. The monoisotopic (exact) mass is 395 g/mol. The molecule has 0 aromatic heterocycles. The first-order valence-electron chi connectivity index (χ1n) is 10.3. The molecule has 0 aliphatic carbocycles. The zero-order chi connectivity index (χ0) is 21.3. The second-order valence-electron chi connectivity index (χ2n) is 9.84. The summed E-state index contributed by atoms with van der Waals surface area (Å²) < 4.78 is 11.0. The van der Waals surface area contributed by atoms with Crippen molar-refractivity contribution in [3.63, 3.8) is 0 Å². The molecule has 3 unspecified atom stereocenters. The topological polar surface area (TPSA) is 71.4 Å². The number of likely N-dealkylation sites (tertiary alicyclic amines) is 1. The molecule has 0 N–H and O–H groups in total. The summed E-state index contributed by atoms with van der Waals surface area (Å²) in [7, 11) is 0. The molecule has 0 spiro atoms. The Kier molecular flexibility index (Phi) is 6.79. The van der Waals surface area contributed by atoms with E-state index in [2.05, 4.69) is 30.8 Å². The van der Waals surface area contributed by atoms with E-state index in [9.17, 15) is 9.59 Å². The molecular weight excluding hydrogens is 358 g/mol. The van der Waals surface area contributed by atoms with Crippen LogP contribution in [0.15, 0.2) is 5.10 Å². The first-order chi connectivity index (χ1) is 12.9. The molecule has 7 nitrogen and oxygen atoms in total. The van der Waals surface area contributed by atoms with E-state index in [-0.39, 0.29) is 23.5 Å². The summed E-state index contributed by atoms with van der Waals surface area (Å²) in [5.74, 6) is -0.907. The number of rotatable bonds is 3. The second kappa shape index (κ2) is 8.39. The molecule has 0 bridgehead atoms. The van der Waals surface area contributed by atoms with E-state index in [4.69, 9.17) is 9.47 Å². The lowest BCUT2D eigenvalue weighted by Gasteiger charge is -2.50. The van der Waals surface area contributed by atoms with Crippen LogP contribution in [0, 0.1) is 17.3 Å². The van der Waals surface area contributed by atoms with Gasteiger partial charge >= 0.3 is 12.1 Å². The molecule has 3 atom stereocenters. The second-order valence-corrected chi connectivity index (χ2v) is 9.84. The minimum Gasteiger partial charge on any atom is -0.465 e. The van der Waals surface area contributed by atoms with Gasteiger partial charge in [0.25, 0.3) is 0 Å². The van der Waals surface area contributed by atoms with Crippen LogP contribution in [-0.2, 0) is 14.3 Å². The summed E-state index contributed by atoms with van der Waals surface area (Å²) in [6, 6.07) is 0. The number of hydrogen-bond acceptors (Lipinski definition) is 6. The van der Waals surface area contributed by atoms with Crippen LogP contribution in [0.5, 0.6) is 0 Å². The molecular formula is C21H37N3O4. The van der Waals surface area contributed by atoms with Crippen molar-refractivity contribution >= 4 is 17.8 Å². The Hall–Kier alpha value is -1.63. The highest BCUT2D eigenvalue weighted by molar-refractivity contribution is 6.02. The van der Waals surface area contributed by atoms with Gasteiger partial charge < -0.3 is 9.47 Å². The van der Waals surface area contributed by atoms with Gasteiger partial charge in [0, 0.05) is 19.0 Å². The normalized spacial score (nSPS) is 26.8. The Balaban J connectivity index is 2.54. The van der Waals surface area contributed by atoms with Gasteiger partial charge in [0.05, 0.1) is 12.3 Å². The largest absolute Gasteiger partial charge is 0.465 e. The molecule has 28 heavy (non-hydrogen) atoms. The lowest BCUT2D eigenvalue weighted by atomic mass is 9.68.